The summed E-state index contributed by atoms with van der Waals surface area (Å²) in [6.07, 6.45) is 0.762. The SMILES string of the molecule is CC.CN1CCC(O)(c2ccc(Cl)cc2)C(C)(C)C1. The third kappa shape index (κ3) is 3.31. The number of hydrogen-bond acceptors (Lipinski definition) is 2. The van der Waals surface area contributed by atoms with Gasteiger partial charge in [-0.05, 0) is 31.2 Å². The standard InChI is InChI=1S/C14H20ClNO.C2H6/c1-13(2)10-16(3)9-8-14(13,17)11-4-6-12(15)7-5-11;1-2/h4-7,17H,8-10H2,1-3H3;1-2H3. The van der Waals surface area contributed by atoms with Crippen molar-refractivity contribution in [1.82, 2.24) is 4.90 Å². The first-order valence-electron chi connectivity index (χ1n) is 7.02. The lowest BCUT2D eigenvalue weighted by Gasteiger charge is -2.49. The molecule has 0 saturated carbocycles. The number of halogens is 1. The van der Waals surface area contributed by atoms with Crippen molar-refractivity contribution in [3.63, 3.8) is 0 Å². The lowest BCUT2D eigenvalue weighted by Crippen LogP contribution is -2.54. The van der Waals surface area contributed by atoms with Gasteiger partial charge in [-0.2, -0.15) is 0 Å². The molecule has 0 aliphatic carbocycles. The van der Waals surface area contributed by atoms with Gasteiger partial charge in [0.2, 0.25) is 0 Å². The fourth-order valence-corrected chi connectivity index (χ4v) is 2.96. The molecule has 1 unspecified atom stereocenters. The van der Waals surface area contributed by atoms with E-state index in [1.165, 1.54) is 0 Å². The molecule has 0 bridgehead atoms. The molecule has 0 aromatic heterocycles. The molecule has 2 nitrogen and oxygen atoms in total. The van der Waals surface area contributed by atoms with Gasteiger partial charge in [-0.15, -0.1) is 0 Å². The highest BCUT2D eigenvalue weighted by atomic mass is 35.5. The summed E-state index contributed by atoms with van der Waals surface area (Å²) in [7, 11) is 2.10. The summed E-state index contributed by atoms with van der Waals surface area (Å²) >= 11 is 5.90. The summed E-state index contributed by atoms with van der Waals surface area (Å²) in [6, 6.07) is 7.58. The van der Waals surface area contributed by atoms with Gasteiger partial charge in [0.15, 0.2) is 0 Å². The first kappa shape index (κ1) is 16.5. The quantitative estimate of drug-likeness (QED) is 0.844. The van der Waals surface area contributed by atoms with Crippen LogP contribution in [0.2, 0.25) is 5.02 Å². The van der Waals surface area contributed by atoms with Gasteiger partial charge in [0.05, 0.1) is 5.60 Å². The average Bonchev–Trinajstić information content (AvgIpc) is 2.37. The van der Waals surface area contributed by atoms with Gasteiger partial charge in [0, 0.05) is 23.5 Å². The van der Waals surface area contributed by atoms with Crippen LogP contribution >= 0.6 is 11.6 Å². The van der Waals surface area contributed by atoms with E-state index in [4.69, 9.17) is 11.6 Å². The van der Waals surface area contributed by atoms with Gasteiger partial charge < -0.3 is 10.0 Å². The van der Waals surface area contributed by atoms with E-state index >= 15 is 0 Å². The van der Waals surface area contributed by atoms with Gasteiger partial charge in [-0.25, -0.2) is 0 Å². The largest absolute Gasteiger partial charge is 0.385 e. The minimum Gasteiger partial charge on any atom is -0.385 e. The summed E-state index contributed by atoms with van der Waals surface area (Å²) in [6.45, 7) is 10.1. The Balaban J connectivity index is 0.000000861. The Labute approximate surface area is 122 Å². The van der Waals surface area contributed by atoms with Crippen LogP contribution in [0.4, 0.5) is 0 Å². The summed E-state index contributed by atoms with van der Waals surface area (Å²) in [5, 5.41) is 11.7. The molecule has 0 radical (unpaired) electrons. The maximum Gasteiger partial charge on any atom is 0.0971 e. The van der Waals surface area contributed by atoms with Crippen molar-refractivity contribution < 1.29 is 5.11 Å². The van der Waals surface area contributed by atoms with Crippen molar-refractivity contribution in [2.24, 2.45) is 5.41 Å². The number of rotatable bonds is 1. The van der Waals surface area contributed by atoms with Crippen molar-refractivity contribution in [2.75, 3.05) is 20.1 Å². The van der Waals surface area contributed by atoms with Crippen LogP contribution in [0.15, 0.2) is 24.3 Å². The Bertz CT molecular complexity index is 402. The average molecular weight is 284 g/mol. The lowest BCUT2D eigenvalue weighted by molar-refractivity contribution is -0.121. The maximum atomic E-state index is 11.0. The van der Waals surface area contributed by atoms with E-state index in [1.807, 2.05) is 38.1 Å². The molecule has 1 saturated heterocycles. The third-order valence-electron chi connectivity index (χ3n) is 3.96. The number of piperidine rings is 1. The zero-order valence-electron chi connectivity index (χ0n) is 12.7. The topological polar surface area (TPSA) is 23.5 Å². The van der Waals surface area contributed by atoms with Gasteiger partial charge in [0.25, 0.3) is 0 Å². The molecular formula is C16H26ClNO. The first-order valence-corrected chi connectivity index (χ1v) is 7.40. The van der Waals surface area contributed by atoms with Crippen molar-refractivity contribution in [2.45, 2.75) is 39.7 Å². The predicted octanol–water partition coefficient (Wildman–Crippen LogP) is 3.92. The van der Waals surface area contributed by atoms with E-state index in [2.05, 4.69) is 25.8 Å². The molecule has 0 spiro atoms. The predicted molar refractivity (Wildman–Crippen MR) is 82.6 cm³/mol. The fourth-order valence-electron chi connectivity index (χ4n) is 2.84. The number of benzene rings is 1. The van der Waals surface area contributed by atoms with E-state index in [0.717, 1.165) is 25.1 Å². The lowest BCUT2D eigenvalue weighted by atomic mass is 9.66. The van der Waals surface area contributed by atoms with Crippen LogP contribution in [-0.4, -0.2) is 30.1 Å². The normalized spacial score (nSPS) is 26.5. The van der Waals surface area contributed by atoms with Gasteiger partial charge in [0.1, 0.15) is 0 Å². The molecule has 1 aromatic rings. The summed E-state index contributed by atoms with van der Waals surface area (Å²) in [5.74, 6) is 0. The molecule has 3 heteroatoms. The smallest absolute Gasteiger partial charge is 0.0971 e. The Morgan fingerprint density at radius 1 is 1.16 bits per heavy atom. The van der Waals surface area contributed by atoms with Crippen molar-refractivity contribution in [1.29, 1.82) is 0 Å². The second-order valence-corrected chi connectivity index (χ2v) is 6.18. The van der Waals surface area contributed by atoms with E-state index in [0.29, 0.717) is 5.02 Å². The molecule has 1 aliphatic heterocycles. The van der Waals surface area contributed by atoms with Crippen molar-refractivity contribution >= 4 is 11.6 Å². The molecule has 1 fully saturated rings. The Kier molecular flexibility index (Phi) is 5.43. The van der Waals surface area contributed by atoms with Crippen LogP contribution in [-0.2, 0) is 5.60 Å². The Morgan fingerprint density at radius 3 is 2.16 bits per heavy atom. The molecule has 1 atom stereocenters. The second-order valence-electron chi connectivity index (χ2n) is 5.74. The highest BCUT2D eigenvalue weighted by Gasteiger charge is 2.47. The summed E-state index contributed by atoms with van der Waals surface area (Å²) in [4.78, 5) is 2.27. The van der Waals surface area contributed by atoms with Gasteiger partial charge in [-0.1, -0.05) is 51.4 Å². The van der Waals surface area contributed by atoms with E-state index in [1.54, 1.807) is 0 Å². The van der Waals surface area contributed by atoms with E-state index in [9.17, 15) is 5.11 Å². The zero-order chi connectivity index (χ0) is 14.7. The number of likely N-dealkylation sites (tertiary alicyclic amines) is 1. The fraction of sp³-hybridized carbons (Fsp3) is 0.625. The van der Waals surface area contributed by atoms with Crippen LogP contribution in [0.1, 0.15) is 39.7 Å². The van der Waals surface area contributed by atoms with E-state index in [-0.39, 0.29) is 5.41 Å². The molecular weight excluding hydrogens is 258 g/mol. The van der Waals surface area contributed by atoms with Crippen LogP contribution < -0.4 is 0 Å². The minimum atomic E-state index is -0.760. The van der Waals surface area contributed by atoms with Crippen molar-refractivity contribution in [3.8, 4) is 0 Å². The molecule has 0 amide bonds. The molecule has 2 rings (SSSR count). The summed E-state index contributed by atoms with van der Waals surface area (Å²) < 4.78 is 0. The van der Waals surface area contributed by atoms with Crippen molar-refractivity contribution in [3.05, 3.63) is 34.9 Å². The molecule has 1 heterocycles. The van der Waals surface area contributed by atoms with Gasteiger partial charge in [-0.3, -0.25) is 0 Å². The Hall–Kier alpha value is -0.570. The van der Waals surface area contributed by atoms with Crippen LogP contribution in [0.3, 0.4) is 0 Å². The Morgan fingerprint density at radius 2 is 1.68 bits per heavy atom. The number of nitrogens with zero attached hydrogens (tertiary/aromatic N) is 1. The van der Waals surface area contributed by atoms with Crippen LogP contribution in [0, 0.1) is 5.41 Å². The molecule has 19 heavy (non-hydrogen) atoms. The molecule has 1 N–H and O–H groups in total. The molecule has 108 valence electrons. The molecule has 1 aliphatic rings. The highest BCUT2D eigenvalue weighted by molar-refractivity contribution is 6.30. The maximum absolute atomic E-state index is 11.0. The van der Waals surface area contributed by atoms with E-state index < -0.39 is 5.60 Å². The number of aliphatic hydroxyl groups is 1. The second kappa shape index (κ2) is 6.25. The summed E-state index contributed by atoms with van der Waals surface area (Å²) in [5.41, 5.74) is 0.0535. The first-order chi connectivity index (χ1) is 8.85. The van der Waals surface area contributed by atoms with Crippen LogP contribution in [0.5, 0.6) is 0 Å². The zero-order valence-corrected chi connectivity index (χ0v) is 13.5. The number of hydrogen-bond donors (Lipinski definition) is 1. The third-order valence-corrected chi connectivity index (χ3v) is 4.21. The highest BCUT2D eigenvalue weighted by Crippen LogP contribution is 2.45. The molecule has 1 aromatic carbocycles. The van der Waals surface area contributed by atoms with Gasteiger partial charge >= 0.3 is 0 Å². The monoisotopic (exact) mass is 283 g/mol. The van der Waals surface area contributed by atoms with Crippen LogP contribution in [0.25, 0.3) is 0 Å². The minimum absolute atomic E-state index is 0.159.